The molecule has 4 aromatic rings. The number of anilines is 1. The second-order valence-corrected chi connectivity index (χ2v) is 9.15. The Kier molecular flexibility index (Phi) is 4.30. The quantitative estimate of drug-likeness (QED) is 0.334. The lowest BCUT2D eigenvalue weighted by atomic mass is 9.91. The van der Waals surface area contributed by atoms with E-state index in [0.717, 1.165) is 21.8 Å². The van der Waals surface area contributed by atoms with Crippen molar-refractivity contribution in [3.8, 4) is 0 Å². The second kappa shape index (κ2) is 7.53. The highest BCUT2D eigenvalue weighted by atomic mass is 15.3. The second-order valence-electron chi connectivity index (χ2n) is 9.15. The summed E-state index contributed by atoms with van der Waals surface area (Å²) < 4.78 is 1.93. The Balaban J connectivity index is 1.27. The van der Waals surface area contributed by atoms with Gasteiger partial charge < -0.3 is 10.6 Å². The van der Waals surface area contributed by atoms with E-state index in [9.17, 15) is 0 Å². The van der Waals surface area contributed by atoms with E-state index in [1.807, 2.05) is 41.0 Å². The van der Waals surface area contributed by atoms with Gasteiger partial charge in [-0.25, -0.2) is 4.99 Å². The van der Waals surface area contributed by atoms with Gasteiger partial charge in [-0.05, 0) is 23.8 Å². The Morgan fingerprint density at radius 1 is 0.857 bits per heavy atom. The molecule has 2 aliphatic heterocycles. The van der Waals surface area contributed by atoms with E-state index in [2.05, 4.69) is 65.6 Å². The monoisotopic (exact) mass is 456 g/mol. The van der Waals surface area contributed by atoms with Gasteiger partial charge in [-0.2, -0.15) is 0 Å². The van der Waals surface area contributed by atoms with Crippen LogP contribution in [0.5, 0.6) is 0 Å². The maximum Gasteiger partial charge on any atom is 0.159 e. The van der Waals surface area contributed by atoms with Crippen LogP contribution in [-0.2, 0) is 0 Å². The molecule has 3 unspecified atom stereocenters. The van der Waals surface area contributed by atoms with Crippen LogP contribution in [0.1, 0.15) is 11.5 Å². The minimum absolute atomic E-state index is 0.187. The van der Waals surface area contributed by atoms with E-state index in [1.165, 1.54) is 11.3 Å². The van der Waals surface area contributed by atoms with E-state index in [4.69, 9.17) is 21.1 Å². The van der Waals surface area contributed by atoms with Gasteiger partial charge in [-0.15, -0.1) is 0 Å². The van der Waals surface area contributed by atoms with Crippen molar-refractivity contribution in [2.75, 3.05) is 11.4 Å². The number of rotatable bonds is 2. The molecule has 0 spiro atoms. The van der Waals surface area contributed by atoms with E-state index < -0.39 is 0 Å². The predicted octanol–water partition coefficient (Wildman–Crippen LogP) is 4.86. The fourth-order valence-corrected chi connectivity index (χ4v) is 5.81. The minimum Gasteiger partial charge on any atom is -0.382 e. The summed E-state index contributed by atoms with van der Waals surface area (Å²) in [5, 5.41) is 11.3. The lowest BCUT2D eigenvalue weighted by molar-refractivity contribution is 0.568. The highest BCUT2D eigenvalue weighted by molar-refractivity contribution is 6.68. The molecule has 0 saturated heterocycles. The van der Waals surface area contributed by atoms with Crippen LogP contribution in [0.4, 0.5) is 5.69 Å². The summed E-state index contributed by atoms with van der Waals surface area (Å²) in [5.74, 6) is 0.862. The van der Waals surface area contributed by atoms with E-state index in [0.29, 0.717) is 24.0 Å². The fourth-order valence-electron chi connectivity index (χ4n) is 5.81. The van der Waals surface area contributed by atoms with Crippen LogP contribution >= 0.6 is 0 Å². The summed E-state index contributed by atoms with van der Waals surface area (Å²) in [6, 6.07) is 25.0. The van der Waals surface area contributed by atoms with Crippen LogP contribution in [0, 0.1) is 5.41 Å². The Morgan fingerprint density at radius 2 is 1.51 bits per heavy atom. The van der Waals surface area contributed by atoms with Gasteiger partial charge in [-0.1, -0.05) is 78.9 Å². The van der Waals surface area contributed by atoms with Crippen LogP contribution in [-0.4, -0.2) is 40.7 Å². The third-order valence-electron chi connectivity index (χ3n) is 7.29. The molecule has 7 rings (SSSR count). The van der Waals surface area contributed by atoms with Crippen molar-refractivity contribution in [3.63, 3.8) is 0 Å². The van der Waals surface area contributed by atoms with E-state index in [1.54, 1.807) is 0 Å². The van der Waals surface area contributed by atoms with Crippen molar-refractivity contribution in [1.82, 2.24) is 4.57 Å². The van der Waals surface area contributed by atoms with Crippen molar-refractivity contribution >= 4 is 44.9 Å². The lowest BCUT2D eigenvalue weighted by Gasteiger charge is -2.34. The van der Waals surface area contributed by atoms with Gasteiger partial charge in [0.2, 0.25) is 0 Å². The molecule has 1 aromatic heterocycles. The molecule has 0 radical (unpaired) electrons. The number of nitrogens with two attached hydrogens (primary N) is 1. The van der Waals surface area contributed by atoms with Crippen molar-refractivity contribution < 1.29 is 0 Å². The van der Waals surface area contributed by atoms with Gasteiger partial charge in [0, 0.05) is 22.4 Å². The lowest BCUT2D eigenvalue weighted by Crippen LogP contribution is -2.47. The zero-order valence-corrected chi connectivity index (χ0v) is 19.0. The van der Waals surface area contributed by atoms with Gasteiger partial charge in [0.25, 0.3) is 0 Å². The number of fused-ring (bicyclic) bond motifs is 6. The number of hydrogen-bond acceptors (Lipinski definition) is 5. The Hall–Kier alpha value is -4.45. The number of aromatic nitrogens is 1. The van der Waals surface area contributed by atoms with Crippen molar-refractivity contribution in [2.45, 2.75) is 18.1 Å². The molecule has 3 aliphatic rings. The molecule has 0 amide bonds. The predicted molar refractivity (Wildman–Crippen MR) is 144 cm³/mol. The zero-order chi connectivity index (χ0) is 23.5. The Labute approximate surface area is 202 Å². The third kappa shape index (κ3) is 2.86. The first kappa shape index (κ1) is 20.0. The molecule has 3 heterocycles. The minimum atomic E-state index is -0.211. The van der Waals surface area contributed by atoms with E-state index >= 15 is 0 Å². The number of amidine groups is 1. The maximum atomic E-state index is 9.11. The van der Waals surface area contributed by atoms with Gasteiger partial charge in [0.1, 0.15) is 17.7 Å². The maximum absolute atomic E-state index is 9.11. The number of hydrogen-bond donors (Lipinski definition) is 2. The van der Waals surface area contributed by atoms with Crippen molar-refractivity contribution in [1.29, 1.82) is 5.41 Å². The number of nitrogens with one attached hydrogen (secondary N) is 1. The summed E-state index contributed by atoms with van der Waals surface area (Å²) in [6.45, 7) is 0.449. The molecule has 0 saturated carbocycles. The summed E-state index contributed by atoms with van der Waals surface area (Å²) in [7, 11) is 0. The SMILES string of the molecule is N=C(C1=NCC(N2c3ccccc3C3C=CC=CC32)N=C1N)n1c2ccccc2c2ccccc21. The van der Waals surface area contributed by atoms with E-state index in [-0.39, 0.29) is 18.0 Å². The Bertz CT molecular complexity index is 1580. The molecule has 0 fully saturated rings. The highest BCUT2D eigenvalue weighted by Crippen LogP contribution is 2.45. The first-order valence-corrected chi connectivity index (χ1v) is 11.9. The number of benzene rings is 3. The van der Waals surface area contributed by atoms with Crippen LogP contribution in [0.25, 0.3) is 21.8 Å². The molecule has 35 heavy (non-hydrogen) atoms. The van der Waals surface area contributed by atoms with Crippen LogP contribution in [0.15, 0.2) is 107 Å². The molecule has 0 bridgehead atoms. The number of para-hydroxylation sites is 3. The van der Waals surface area contributed by atoms with Crippen LogP contribution in [0.2, 0.25) is 0 Å². The summed E-state index contributed by atoms with van der Waals surface area (Å²) in [4.78, 5) is 12.1. The average Bonchev–Trinajstić information content (AvgIpc) is 3.41. The van der Waals surface area contributed by atoms with Gasteiger partial charge >= 0.3 is 0 Å². The van der Waals surface area contributed by atoms with Crippen LogP contribution in [0.3, 0.4) is 0 Å². The average molecular weight is 457 g/mol. The highest BCUT2D eigenvalue weighted by Gasteiger charge is 2.40. The van der Waals surface area contributed by atoms with Gasteiger partial charge in [0.15, 0.2) is 5.84 Å². The summed E-state index contributed by atoms with van der Waals surface area (Å²) in [5.41, 5.74) is 11.4. The first-order valence-electron chi connectivity index (χ1n) is 11.9. The Morgan fingerprint density at radius 3 is 2.26 bits per heavy atom. The molecule has 170 valence electrons. The normalized spacial score (nSPS) is 22.7. The van der Waals surface area contributed by atoms with Gasteiger partial charge in [-0.3, -0.25) is 15.0 Å². The molecule has 6 nitrogen and oxygen atoms in total. The third-order valence-corrected chi connectivity index (χ3v) is 7.29. The molecular weight excluding hydrogens is 432 g/mol. The van der Waals surface area contributed by atoms with Crippen LogP contribution < -0.4 is 10.6 Å². The smallest absolute Gasteiger partial charge is 0.159 e. The topological polar surface area (TPSA) is 82.8 Å². The first-order chi connectivity index (χ1) is 17.2. The molecular formula is C29H24N6. The molecule has 3 atom stereocenters. The number of nitrogens with zero attached hydrogens (tertiary/aromatic N) is 4. The fraction of sp³-hybridized carbons (Fsp3) is 0.138. The molecule has 3 aromatic carbocycles. The summed E-state index contributed by atoms with van der Waals surface area (Å²) >= 11 is 0. The van der Waals surface area contributed by atoms with Crippen molar-refractivity contribution in [3.05, 3.63) is 103 Å². The molecule has 3 N–H and O–H groups in total. The largest absolute Gasteiger partial charge is 0.382 e. The molecule has 1 aliphatic carbocycles. The van der Waals surface area contributed by atoms with Gasteiger partial charge in [0.05, 0.1) is 23.6 Å². The summed E-state index contributed by atoms with van der Waals surface area (Å²) in [6.07, 6.45) is 8.49. The number of allylic oxidation sites excluding steroid dienone is 2. The number of aliphatic imine (C=N–C) groups is 2. The zero-order valence-electron chi connectivity index (χ0n) is 19.0. The van der Waals surface area contributed by atoms with Crippen molar-refractivity contribution in [2.24, 2.45) is 15.7 Å². The molecule has 6 heteroatoms. The standard InChI is InChI=1S/C29H24N6/c30-28-27(29(31)35-24-15-7-3-11-20(24)21-12-4-8-16-25(21)35)32-17-26(33-28)34-22-13-5-1-9-18(22)19-10-2-6-14-23(19)34/h1-16,18,22,26,31H,17H2,(H2,30,33).